The van der Waals surface area contributed by atoms with Crippen molar-refractivity contribution in [3.63, 3.8) is 0 Å². The number of hydrogen-bond donors (Lipinski definition) is 0. The molecule has 0 saturated carbocycles. The van der Waals surface area contributed by atoms with Crippen LogP contribution in [0.15, 0.2) is 76.3 Å². The molecule has 1 heterocycles. The maximum Gasteiger partial charge on any atom is 0.340 e. The van der Waals surface area contributed by atoms with E-state index < -0.39 is 5.97 Å². The fraction of sp³-hybridized carbons (Fsp3) is 0.143. The Labute approximate surface area is 167 Å². The topological polar surface area (TPSA) is 71.3 Å². The van der Waals surface area contributed by atoms with Crippen LogP contribution in [0, 0.1) is 0 Å². The number of nitrogens with zero attached hydrogens (tertiary/aromatic N) is 3. The van der Waals surface area contributed by atoms with E-state index in [9.17, 15) is 9.59 Å². The number of esters is 1. The summed E-state index contributed by atoms with van der Waals surface area (Å²) in [6.07, 6.45) is 0. The van der Waals surface area contributed by atoms with Crippen LogP contribution >= 0.6 is 11.3 Å². The molecule has 0 aliphatic rings. The van der Waals surface area contributed by atoms with Crippen LogP contribution in [0.4, 0.5) is 17.1 Å². The Morgan fingerprint density at radius 3 is 2.39 bits per heavy atom. The van der Waals surface area contributed by atoms with Crippen LogP contribution in [0.2, 0.25) is 0 Å². The third kappa shape index (κ3) is 4.89. The van der Waals surface area contributed by atoms with E-state index in [0.29, 0.717) is 16.3 Å². The van der Waals surface area contributed by atoms with E-state index in [1.807, 2.05) is 43.3 Å². The van der Waals surface area contributed by atoms with Crippen molar-refractivity contribution in [2.24, 2.45) is 10.2 Å². The molecule has 3 rings (SSSR count). The van der Waals surface area contributed by atoms with Gasteiger partial charge in [-0.05, 0) is 47.8 Å². The van der Waals surface area contributed by atoms with Crippen LogP contribution in [0.5, 0.6) is 0 Å². The highest BCUT2D eigenvalue weighted by atomic mass is 32.1. The van der Waals surface area contributed by atoms with Crippen molar-refractivity contribution in [1.82, 2.24) is 0 Å². The largest absolute Gasteiger partial charge is 0.454 e. The summed E-state index contributed by atoms with van der Waals surface area (Å²) in [5.41, 5.74) is 2.36. The molecule has 0 N–H and O–H groups in total. The highest BCUT2D eigenvalue weighted by Gasteiger charge is 2.15. The van der Waals surface area contributed by atoms with E-state index in [-0.39, 0.29) is 18.0 Å². The Hall–Kier alpha value is -3.32. The summed E-state index contributed by atoms with van der Waals surface area (Å²) in [4.78, 5) is 26.9. The molecular weight excluding hydrogens is 374 g/mol. The molecule has 0 amide bonds. The third-order valence-corrected chi connectivity index (χ3v) is 4.80. The van der Waals surface area contributed by atoms with Gasteiger partial charge < -0.3 is 9.64 Å². The number of benzene rings is 2. The second kappa shape index (κ2) is 9.05. The number of ether oxygens (including phenoxy) is 1. The maximum absolute atomic E-state index is 12.4. The fourth-order valence-corrected chi connectivity index (χ4v) is 3.03. The molecule has 3 aromatic rings. The molecule has 0 saturated heterocycles. The number of thiophene rings is 1. The first kappa shape index (κ1) is 19.4. The van der Waals surface area contributed by atoms with Crippen LogP contribution in [0.1, 0.15) is 20.0 Å². The Kier molecular flexibility index (Phi) is 6.29. The molecular formula is C21H19N3O3S. The van der Waals surface area contributed by atoms with Gasteiger partial charge in [0.15, 0.2) is 6.61 Å². The zero-order valence-corrected chi connectivity index (χ0v) is 16.3. The molecule has 0 atom stereocenters. The number of carbonyl (C=O) groups is 2. The number of azo groups is 1. The zero-order valence-electron chi connectivity index (χ0n) is 15.5. The number of hydrogen-bond acceptors (Lipinski definition) is 7. The molecule has 28 heavy (non-hydrogen) atoms. The summed E-state index contributed by atoms with van der Waals surface area (Å²) < 4.78 is 5.16. The number of Topliss-reactive ketones (excluding diaryl/α,β-unsaturated/α-hetero) is 1. The minimum Gasteiger partial charge on any atom is -0.454 e. The second-order valence-corrected chi connectivity index (χ2v) is 7.05. The smallest absolute Gasteiger partial charge is 0.340 e. The molecule has 1 aromatic heterocycles. The lowest BCUT2D eigenvalue weighted by atomic mass is 10.2. The minimum atomic E-state index is -0.609. The zero-order chi connectivity index (χ0) is 19.9. The maximum atomic E-state index is 12.4. The van der Waals surface area contributed by atoms with Crippen molar-refractivity contribution in [3.05, 3.63) is 76.5 Å². The number of ketones is 1. The quantitative estimate of drug-likeness (QED) is 0.311. The van der Waals surface area contributed by atoms with Crippen LogP contribution in [-0.2, 0) is 4.74 Å². The van der Waals surface area contributed by atoms with Crippen LogP contribution in [0.3, 0.4) is 0 Å². The van der Waals surface area contributed by atoms with Crippen molar-refractivity contribution in [3.8, 4) is 0 Å². The summed E-state index contributed by atoms with van der Waals surface area (Å²) in [6.45, 7) is -0.309. The van der Waals surface area contributed by atoms with Gasteiger partial charge in [-0.3, -0.25) is 4.79 Å². The Morgan fingerprint density at radius 2 is 1.71 bits per heavy atom. The minimum absolute atomic E-state index is 0.233. The monoisotopic (exact) mass is 393 g/mol. The van der Waals surface area contributed by atoms with Crippen molar-refractivity contribution in [2.45, 2.75) is 0 Å². The van der Waals surface area contributed by atoms with Crippen molar-refractivity contribution in [2.75, 3.05) is 25.6 Å². The molecule has 0 bridgehead atoms. The predicted molar refractivity (Wildman–Crippen MR) is 110 cm³/mol. The normalized spacial score (nSPS) is 10.8. The fourth-order valence-electron chi connectivity index (χ4n) is 2.38. The lowest BCUT2D eigenvalue weighted by Crippen LogP contribution is -2.13. The van der Waals surface area contributed by atoms with E-state index in [0.717, 1.165) is 5.69 Å². The van der Waals surface area contributed by atoms with E-state index in [2.05, 4.69) is 10.2 Å². The summed E-state index contributed by atoms with van der Waals surface area (Å²) in [7, 11) is 3.92. The molecule has 6 nitrogen and oxygen atoms in total. The molecule has 2 aromatic carbocycles. The summed E-state index contributed by atoms with van der Waals surface area (Å²) in [6, 6.07) is 17.8. The number of anilines is 1. The number of rotatable bonds is 7. The Bertz CT molecular complexity index is 980. The summed E-state index contributed by atoms with van der Waals surface area (Å²) >= 11 is 1.31. The van der Waals surface area contributed by atoms with E-state index >= 15 is 0 Å². The van der Waals surface area contributed by atoms with Crippen LogP contribution in [0.25, 0.3) is 0 Å². The second-order valence-electron chi connectivity index (χ2n) is 6.10. The van der Waals surface area contributed by atoms with Gasteiger partial charge in [0.1, 0.15) is 5.69 Å². The van der Waals surface area contributed by atoms with Gasteiger partial charge in [0.25, 0.3) is 0 Å². The third-order valence-electron chi connectivity index (χ3n) is 3.89. The molecule has 142 valence electrons. The van der Waals surface area contributed by atoms with E-state index in [1.54, 1.807) is 41.8 Å². The average Bonchev–Trinajstić information content (AvgIpc) is 3.26. The molecule has 0 fully saturated rings. The summed E-state index contributed by atoms with van der Waals surface area (Å²) in [5.74, 6) is -0.842. The molecule has 7 heteroatoms. The molecule has 0 spiro atoms. The summed E-state index contributed by atoms with van der Waals surface area (Å²) in [5, 5.41) is 10.2. The first-order chi connectivity index (χ1) is 13.5. The SMILES string of the molecule is CN(C)c1ccc(N=Nc2ccccc2C(=O)OCC(=O)c2cccs2)cc1. The van der Waals surface area contributed by atoms with Gasteiger partial charge in [-0.1, -0.05) is 18.2 Å². The molecule has 0 unspecified atom stereocenters. The van der Waals surface area contributed by atoms with Gasteiger partial charge in [0.05, 0.1) is 16.1 Å². The highest BCUT2D eigenvalue weighted by Crippen LogP contribution is 2.24. The van der Waals surface area contributed by atoms with Gasteiger partial charge >= 0.3 is 5.97 Å². The van der Waals surface area contributed by atoms with Crippen LogP contribution < -0.4 is 4.90 Å². The molecule has 0 aliphatic carbocycles. The van der Waals surface area contributed by atoms with Crippen LogP contribution in [-0.4, -0.2) is 32.5 Å². The van der Waals surface area contributed by atoms with Gasteiger partial charge in [-0.2, -0.15) is 5.11 Å². The van der Waals surface area contributed by atoms with E-state index in [4.69, 9.17) is 4.74 Å². The first-order valence-corrected chi connectivity index (χ1v) is 9.44. The van der Waals surface area contributed by atoms with Gasteiger partial charge in [0, 0.05) is 19.8 Å². The van der Waals surface area contributed by atoms with Gasteiger partial charge in [-0.15, -0.1) is 16.5 Å². The van der Waals surface area contributed by atoms with Crippen molar-refractivity contribution >= 4 is 40.2 Å². The molecule has 0 aliphatic heterocycles. The lowest BCUT2D eigenvalue weighted by Gasteiger charge is -2.11. The van der Waals surface area contributed by atoms with Gasteiger partial charge in [0.2, 0.25) is 5.78 Å². The first-order valence-electron chi connectivity index (χ1n) is 8.56. The predicted octanol–water partition coefficient (Wildman–Crippen LogP) is 5.27. The Morgan fingerprint density at radius 1 is 0.964 bits per heavy atom. The van der Waals surface area contributed by atoms with E-state index in [1.165, 1.54) is 11.3 Å². The van der Waals surface area contributed by atoms with Crippen molar-refractivity contribution < 1.29 is 14.3 Å². The van der Waals surface area contributed by atoms with Gasteiger partial charge in [-0.25, -0.2) is 4.79 Å². The lowest BCUT2D eigenvalue weighted by molar-refractivity contribution is 0.0476. The molecule has 0 radical (unpaired) electrons. The number of carbonyl (C=O) groups excluding carboxylic acids is 2. The average molecular weight is 393 g/mol. The Balaban J connectivity index is 1.69. The highest BCUT2D eigenvalue weighted by molar-refractivity contribution is 7.12. The van der Waals surface area contributed by atoms with Crippen molar-refractivity contribution in [1.29, 1.82) is 0 Å². The standard InChI is InChI=1S/C21H19N3O3S/c1-24(2)16-11-9-15(10-12-16)22-23-18-7-4-3-6-17(18)21(26)27-14-19(25)20-8-5-13-28-20/h3-13H,14H2,1-2H3.